The van der Waals surface area contributed by atoms with Crippen LogP contribution in [-0.4, -0.2) is 5.16 Å². The summed E-state index contributed by atoms with van der Waals surface area (Å²) in [6, 6.07) is 0. The summed E-state index contributed by atoms with van der Waals surface area (Å²) in [5.41, 5.74) is 8.10. The number of rotatable bonds is 4. The van der Waals surface area contributed by atoms with Crippen molar-refractivity contribution in [2.75, 3.05) is 5.73 Å². The van der Waals surface area contributed by atoms with Gasteiger partial charge in [0.1, 0.15) is 0 Å². The van der Waals surface area contributed by atoms with Gasteiger partial charge in [-0.3, -0.25) is 0 Å². The minimum Gasteiger partial charge on any atom is -0.367 e. The maximum atomic E-state index is 5.83. The van der Waals surface area contributed by atoms with E-state index >= 15 is 0 Å². The van der Waals surface area contributed by atoms with Crippen molar-refractivity contribution in [3.8, 4) is 0 Å². The van der Waals surface area contributed by atoms with E-state index < -0.39 is 0 Å². The van der Waals surface area contributed by atoms with Crippen molar-refractivity contribution in [1.29, 1.82) is 0 Å². The normalized spacial score (nSPS) is 17.4. The molecule has 0 aliphatic heterocycles. The Kier molecular flexibility index (Phi) is 3.52. The largest absolute Gasteiger partial charge is 0.367 e. The fourth-order valence-corrected chi connectivity index (χ4v) is 2.63. The van der Waals surface area contributed by atoms with Gasteiger partial charge in [0, 0.05) is 5.56 Å². The zero-order valence-corrected chi connectivity index (χ0v) is 10.3. The lowest BCUT2D eigenvalue weighted by Gasteiger charge is -2.09. The summed E-state index contributed by atoms with van der Waals surface area (Å²) in [6.45, 7) is 4.40. The van der Waals surface area contributed by atoms with E-state index in [9.17, 15) is 0 Å². The smallest absolute Gasteiger partial charge is 0.225 e. The highest BCUT2D eigenvalue weighted by atomic mass is 16.5. The van der Waals surface area contributed by atoms with Gasteiger partial charge in [-0.15, -0.1) is 0 Å². The number of nitrogens with two attached hydrogens (primary N) is 1. The highest BCUT2D eigenvalue weighted by Crippen LogP contribution is 2.30. The summed E-state index contributed by atoms with van der Waals surface area (Å²) < 4.78 is 5.13. The SMILES string of the molecule is CC(C)Cc1c(CC2CCCC2)noc1N. The monoisotopic (exact) mass is 222 g/mol. The van der Waals surface area contributed by atoms with E-state index in [0.717, 1.165) is 30.0 Å². The van der Waals surface area contributed by atoms with Gasteiger partial charge >= 0.3 is 0 Å². The minimum atomic E-state index is 0.529. The second kappa shape index (κ2) is 4.89. The Morgan fingerprint density at radius 1 is 1.38 bits per heavy atom. The molecule has 1 aliphatic carbocycles. The van der Waals surface area contributed by atoms with Crippen LogP contribution >= 0.6 is 0 Å². The Balaban J connectivity index is 2.07. The number of hydrogen-bond donors (Lipinski definition) is 1. The molecule has 0 radical (unpaired) electrons. The molecule has 1 aliphatic rings. The predicted octanol–water partition coefficient (Wildman–Crippen LogP) is 3.19. The molecule has 1 saturated carbocycles. The third kappa shape index (κ3) is 2.57. The van der Waals surface area contributed by atoms with Crippen LogP contribution in [-0.2, 0) is 12.8 Å². The van der Waals surface area contributed by atoms with Crippen molar-refractivity contribution >= 4 is 5.88 Å². The maximum Gasteiger partial charge on any atom is 0.225 e. The van der Waals surface area contributed by atoms with Crippen LogP contribution in [0.2, 0.25) is 0 Å². The summed E-state index contributed by atoms with van der Waals surface area (Å²) in [6.07, 6.45) is 7.47. The molecule has 1 aromatic rings. The average Bonchev–Trinajstić information content (AvgIpc) is 2.82. The van der Waals surface area contributed by atoms with Crippen LogP contribution in [0.5, 0.6) is 0 Å². The van der Waals surface area contributed by atoms with Crippen LogP contribution in [0, 0.1) is 11.8 Å². The Morgan fingerprint density at radius 2 is 2.06 bits per heavy atom. The lowest BCUT2D eigenvalue weighted by atomic mass is 9.96. The first-order chi connectivity index (χ1) is 7.66. The highest BCUT2D eigenvalue weighted by Gasteiger charge is 2.21. The van der Waals surface area contributed by atoms with Crippen LogP contribution in [0.3, 0.4) is 0 Å². The van der Waals surface area contributed by atoms with Crippen molar-refractivity contribution < 1.29 is 4.52 Å². The van der Waals surface area contributed by atoms with Crippen LogP contribution in [0.25, 0.3) is 0 Å². The molecule has 0 unspecified atom stereocenters. The topological polar surface area (TPSA) is 52.0 Å². The van der Waals surface area contributed by atoms with E-state index in [2.05, 4.69) is 19.0 Å². The molecule has 3 nitrogen and oxygen atoms in total. The molecule has 1 aromatic heterocycles. The molecule has 0 atom stereocenters. The summed E-state index contributed by atoms with van der Waals surface area (Å²) >= 11 is 0. The molecule has 90 valence electrons. The van der Waals surface area contributed by atoms with Crippen LogP contribution in [0.4, 0.5) is 5.88 Å². The first-order valence-electron chi connectivity index (χ1n) is 6.39. The van der Waals surface area contributed by atoms with Gasteiger partial charge in [-0.1, -0.05) is 44.7 Å². The Labute approximate surface area is 97.4 Å². The number of hydrogen-bond acceptors (Lipinski definition) is 3. The first-order valence-corrected chi connectivity index (χ1v) is 6.39. The Bertz CT molecular complexity index is 338. The van der Waals surface area contributed by atoms with Crippen LogP contribution in [0.15, 0.2) is 4.52 Å². The number of nitrogens with zero attached hydrogens (tertiary/aromatic N) is 1. The first kappa shape index (κ1) is 11.5. The third-order valence-corrected chi connectivity index (χ3v) is 3.47. The molecule has 2 N–H and O–H groups in total. The second-order valence-electron chi connectivity index (χ2n) is 5.42. The van der Waals surface area contributed by atoms with E-state index in [1.165, 1.54) is 25.7 Å². The van der Waals surface area contributed by atoms with Crippen LogP contribution < -0.4 is 5.73 Å². The molecule has 0 bridgehead atoms. The fourth-order valence-electron chi connectivity index (χ4n) is 2.63. The van der Waals surface area contributed by atoms with Gasteiger partial charge in [0.05, 0.1) is 5.69 Å². The second-order valence-corrected chi connectivity index (χ2v) is 5.42. The van der Waals surface area contributed by atoms with E-state index in [-0.39, 0.29) is 0 Å². The molecular weight excluding hydrogens is 200 g/mol. The number of aromatic nitrogens is 1. The van der Waals surface area contributed by atoms with Gasteiger partial charge in [0.25, 0.3) is 0 Å². The molecule has 0 spiro atoms. The molecule has 3 heteroatoms. The van der Waals surface area contributed by atoms with Gasteiger partial charge in [-0.05, 0) is 24.7 Å². The summed E-state index contributed by atoms with van der Waals surface area (Å²) in [4.78, 5) is 0. The summed E-state index contributed by atoms with van der Waals surface area (Å²) in [7, 11) is 0. The third-order valence-electron chi connectivity index (χ3n) is 3.47. The lowest BCUT2D eigenvalue weighted by Crippen LogP contribution is -2.05. The zero-order valence-electron chi connectivity index (χ0n) is 10.3. The van der Waals surface area contributed by atoms with Gasteiger partial charge in [-0.25, -0.2) is 0 Å². The zero-order chi connectivity index (χ0) is 11.5. The van der Waals surface area contributed by atoms with E-state index in [1.54, 1.807) is 0 Å². The quantitative estimate of drug-likeness (QED) is 0.851. The summed E-state index contributed by atoms with van der Waals surface area (Å²) in [5, 5.41) is 4.13. The lowest BCUT2D eigenvalue weighted by molar-refractivity contribution is 0.417. The molecule has 16 heavy (non-hydrogen) atoms. The summed E-state index contributed by atoms with van der Waals surface area (Å²) in [5.74, 6) is 1.93. The van der Waals surface area contributed by atoms with Crippen molar-refractivity contribution in [1.82, 2.24) is 5.16 Å². The molecular formula is C13H22N2O. The molecule has 0 saturated heterocycles. The van der Waals surface area contributed by atoms with Gasteiger partial charge < -0.3 is 10.3 Å². The van der Waals surface area contributed by atoms with E-state index in [4.69, 9.17) is 10.3 Å². The molecule has 2 rings (SSSR count). The highest BCUT2D eigenvalue weighted by molar-refractivity contribution is 5.39. The van der Waals surface area contributed by atoms with Crippen molar-refractivity contribution in [3.05, 3.63) is 11.3 Å². The minimum absolute atomic E-state index is 0.529. The van der Waals surface area contributed by atoms with Gasteiger partial charge in [0.15, 0.2) is 0 Å². The Morgan fingerprint density at radius 3 is 2.69 bits per heavy atom. The molecule has 0 amide bonds. The van der Waals surface area contributed by atoms with Gasteiger partial charge in [0.2, 0.25) is 5.88 Å². The van der Waals surface area contributed by atoms with Crippen molar-refractivity contribution in [3.63, 3.8) is 0 Å². The maximum absolute atomic E-state index is 5.83. The van der Waals surface area contributed by atoms with Crippen molar-refractivity contribution in [2.45, 2.75) is 52.4 Å². The van der Waals surface area contributed by atoms with Crippen molar-refractivity contribution in [2.24, 2.45) is 11.8 Å². The molecule has 0 aromatic carbocycles. The average molecular weight is 222 g/mol. The van der Waals surface area contributed by atoms with E-state index in [0.29, 0.717) is 11.8 Å². The predicted molar refractivity (Wildman–Crippen MR) is 65.1 cm³/mol. The molecule has 1 fully saturated rings. The van der Waals surface area contributed by atoms with E-state index in [1.807, 2.05) is 0 Å². The number of anilines is 1. The Hall–Kier alpha value is -0.990. The number of nitrogen functional groups attached to an aromatic ring is 1. The molecule has 1 heterocycles. The van der Waals surface area contributed by atoms with Crippen LogP contribution in [0.1, 0.15) is 50.8 Å². The van der Waals surface area contributed by atoms with Gasteiger partial charge in [-0.2, -0.15) is 0 Å². The fraction of sp³-hybridized carbons (Fsp3) is 0.769. The standard InChI is InChI=1S/C13H22N2O/c1-9(2)7-11-12(15-16-13(11)14)8-10-5-3-4-6-10/h9-10H,3-8,14H2,1-2H3.